The fourth-order valence-electron chi connectivity index (χ4n) is 4.02. The van der Waals surface area contributed by atoms with Gasteiger partial charge in [0.1, 0.15) is 17.9 Å². The fourth-order valence-corrected chi connectivity index (χ4v) is 4.27. The van der Waals surface area contributed by atoms with Gasteiger partial charge < -0.3 is 15.1 Å². The van der Waals surface area contributed by atoms with Crippen LogP contribution in [0.2, 0.25) is 5.02 Å². The maximum atomic E-state index is 13.2. The largest absolute Gasteiger partial charge is 0.338 e. The molecule has 160 valence electrons. The molecule has 2 saturated heterocycles. The van der Waals surface area contributed by atoms with E-state index in [1.807, 2.05) is 0 Å². The Morgan fingerprint density at radius 1 is 1.17 bits per heavy atom. The van der Waals surface area contributed by atoms with Gasteiger partial charge in [0.05, 0.1) is 10.6 Å². The Hall–Kier alpha value is -2.68. The molecule has 4 rings (SSSR count). The molecule has 3 aliphatic rings. The molecular weight excluding hydrogens is 415 g/mol. The zero-order valence-corrected chi connectivity index (χ0v) is 17.2. The van der Waals surface area contributed by atoms with E-state index in [0.29, 0.717) is 0 Å². The molecule has 30 heavy (non-hydrogen) atoms. The van der Waals surface area contributed by atoms with Crippen molar-refractivity contribution in [2.75, 3.05) is 32.7 Å². The molecule has 5 amide bonds. The van der Waals surface area contributed by atoms with E-state index in [1.165, 1.54) is 17.0 Å². The van der Waals surface area contributed by atoms with Crippen LogP contribution in [0.4, 0.5) is 9.18 Å². The van der Waals surface area contributed by atoms with Gasteiger partial charge in [-0.2, -0.15) is 0 Å². The lowest BCUT2D eigenvalue weighted by molar-refractivity contribution is -0.139. The number of hydrogen-bond acceptors (Lipinski definition) is 4. The maximum absolute atomic E-state index is 13.2. The third kappa shape index (κ3) is 3.62. The number of carbonyl (C=O) groups excluding carboxylic acids is 4. The highest BCUT2D eigenvalue weighted by Crippen LogP contribution is 2.42. The molecule has 0 spiro atoms. The highest BCUT2D eigenvalue weighted by Gasteiger charge is 2.56. The summed E-state index contributed by atoms with van der Waals surface area (Å²) in [6, 6.07) is 3.06. The summed E-state index contributed by atoms with van der Waals surface area (Å²) < 4.78 is 13.2. The number of urea groups is 1. The molecule has 2 aliphatic heterocycles. The average molecular weight is 437 g/mol. The van der Waals surface area contributed by atoms with Crippen LogP contribution in [-0.4, -0.2) is 76.7 Å². The molecular formula is C20H22ClFN4O4. The van der Waals surface area contributed by atoms with Crippen LogP contribution in [0.1, 0.15) is 30.1 Å². The van der Waals surface area contributed by atoms with Crippen molar-refractivity contribution in [3.8, 4) is 0 Å². The first-order valence-corrected chi connectivity index (χ1v) is 10.2. The van der Waals surface area contributed by atoms with Gasteiger partial charge in [-0.1, -0.05) is 11.6 Å². The number of nitrogens with one attached hydrogen (secondary N) is 1. The number of piperazine rings is 1. The summed E-state index contributed by atoms with van der Waals surface area (Å²) in [5, 5.41) is 2.76. The van der Waals surface area contributed by atoms with Crippen LogP contribution in [0, 0.1) is 11.7 Å². The first-order valence-electron chi connectivity index (χ1n) is 9.87. The quantitative estimate of drug-likeness (QED) is 0.724. The summed E-state index contributed by atoms with van der Waals surface area (Å²) in [6.45, 7) is 2.49. The second kappa shape index (κ2) is 7.54. The molecule has 1 aromatic rings. The Bertz CT molecular complexity index is 929. The molecule has 0 radical (unpaired) electrons. The van der Waals surface area contributed by atoms with Crippen molar-refractivity contribution in [1.82, 2.24) is 20.0 Å². The second-order valence-corrected chi connectivity index (χ2v) is 8.50. The van der Waals surface area contributed by atoms with Gasteiger partial charge in [0.2, 0.25) is 5.91 Å². The lowest BCUT2D eigenvalue weighted by Gasteiger charge is -2.35. The average Bonchev–Trinajstić information content (AvgIpc) is 3.54. The van der Waals surface area contributed by atoms with Crippen molar-refractivity contribution >= 4 is 35.4 Å². The molecule has 0 aromatic heterocycles. The van der Waals surface area contributed by atoms with E-state index in [-0.39, 0.29) is 66.9 Å². The minimum atomic E-state index is -0.920. The summed E-state index contributed by atoms with van der Waals surface area (Å²) in [4.78, 5) is 54.3. The van der Waals surface area contributed by atoms with Gasteiger partial charge >= 0.3 is 6.03 Å². The Morgan fingerprint density at radius 2 is 1.80 bits per heavy atom. The van der Waals surface area contributed by atoms with Gasteiger partial charge in [-0.05, 0) is 43.9 Å². The van der Waals surface area contributed by atoms with Gasteiger partial charge in [-0.25, -0.2) is 9.18 Å². The zero-order valence-electron chi connectivity index (χ0n) is 16.5. The predicted molar refractivity (Wildman–Crippen MR) is 105 cm³/mol. The molecule has 8 nitrogen and oxygen atoms in total. The third-order valence-electron chi connectivity index (χ3n) is 6.07. The third-order valence-corrected chi connectivity index (χ3v) is 6.38. The molecule has 3 fully saturated rings. The zero-order chi connectivity index (χ0) is 21.6. The van der Waals surface area contributed by atoms with Crippen LogP contribution in [0.3, 0.4) is 0 Å². The smallest absolute Gasteiger partial charge is 0.325 e. The van der Waals surface area contributed by atoms with Crippen LogP contribution in [0.25, 0.3) is 0 Å². The topological polar surface area (TPSA) is 90.0 Å². The summed E-state index contributed by atoms with van der Waals surface area (Å²) in [5.41, 5.74) is -0.715. The van der Waals surface area contributed by atoms with Crippen molar-refractivity contribution in [1.29, 1.82) is 0 Å². The first-order chi connectivity index (χ1) is 14.2. The van der Waals surface area contributed by atoms with Crippen LogP contribution in [-0.2, 0) is 9.59 Å². The summed E-state index contributed by atoms with van der Waals surface area (Å²) in [7, 11) is 0. The van der Waals surface area contributed by atoms with E-state index in [1.54, 1.807) is 11.8 Å². The number of benzene rings is 1. The highest BCUT2D eigenvalue weighted by molar-refractivity contribution is 6.33. The van der Waals surface area contributed by atoms with Crippen molar-refractivity contribution in [2.45, 2.75) is 25.3 Å². The number of hydrogen-bond donors (Lipinski definition) is 1. The molecule has 2 heterocycles. The monoisotopic (exact) mass is 436 g/mol. The number of nitrogens with zero attached hydrogens (tertiary/aromatic N) is 3. The molecule has 1 saturated carbocycles. The highest BCUT2D eigenvalue weighted by atomic mass is 35.5. The van der Waals surface area contributed by atoms with E-state index < -0.39 is 17.4 Å². The minimum Gasteiger partial charge on any atom is -0.338 e. The van der Waals surface area contributed by atoms with E-state index in [2.05, 4.69) is 5.32 Å². The van der Waals surface area contributed by atoms with Crippen molar-refractivity contribution < 1.29 is 23.6 Å². The molecule has 0 bridgehead atoms. The van der Waals surface area contributed by atoms with Crippen molar-refractivity contribution in [3.63, 3.8) is 0 Å². The Morgan fingerprint density at radius 3 is 2.40 bits per heavy atom. The fraction of sp³-hybridized carbons (Fsp3) is 0.500. The van der Waals surface area contributed by atoms with Crippen LogP contribution < -0.4 is 5.32 Å². The summed E-state index contributed by atoms with van der Waals surface area (Å²) in [6.07, 6.45) is 1.77. The maximum Gasteiger partial charge on any atom is 0.325 e. The Labute approximate surface area is 177 Å². The van der Waals surface area contributed by atoms with Crippen molar-refractivity contribution in [2.24, 2.45) is 5.92 Å². The van der Waals surface area contributed by atoms with Gasteiger partial charge in [0.25, 0.3) is 11.8 Å². The van der Waals surface area contributed by atoms with Crippen molar-refractivity contribution in [3.05, 3.63) is 34.6 Å². The number of halogens is 2. The normalized spacial score (nSPS) is 24.3. The second-order valence-electron chi connectivity index (χ2n) is 8.10. The molecule has 1 aromatic carbocycles. The Balaban J connectivity index is 1.34. The van der Waals surface area contributed by atoms with Gasteiger partial charge in [0.15, 0.2) is 0 Å². The van der Waals surface area contributed by atoms with Crippen LogP contribution in [0.15, 0.2) is 18.2 Å². The molecule has 1 unspecified atom stereocenters. The summed E-state index contributed by atoms with van der Waals surface area (Å²) in [5.74, 6) is -1.43. The number of imide groups is 1. The van der Waals surface area contributed by atoms with E-state index in [0.717, 1.165) is 23.8 Å². The minimum absolute atomic E-state index is 0.0378. The van der Waals surface area contributed by atoms with Gasteiger partial charge in [-0.15, -0.1) is 0 Å². The lowest BCUT2D eigenvalue weighted by atomic mass is 9.96. The van der Waals surface area contributed by atoms with Gasteiger partial charge in [-0.3, -0.25) is 19.3 Å². The first kappa shape index (κ1) is 20.6. The molecule has 1 N–H and O–H groups in total. The SMILES string of the molecule is CC1(C2CC2)NC(=O)N(CC(=O)N2CCN(C(=O)c3ccc(F)cc3Cl)CC2)C1=O. The standard InChI is InChI=1S/C20H22ClFN4O4/c1-20(12-2-3-12)18(29)26(19(30)23-20)11-16(27)24-6-8-25(9-7-24)17(28)14-5-4-13(22)10-15(14)21/h4-5,10,12H,2-3,6-9,11H2,1H3,(H,23,30). The number of amides is 5. The van der Waals surface area contributed by atoms with E-state index in [9.17, 15) is 23.6 Å². The predicted octanol–water partition coefficient (Wildman–Crippen LogP) is 1.48. The number of rotatable bonds is 4. The Kier molecular flexibility index (Phi) is 5.17. The molecule has 1 atom stereocenters. The van der Waals surface area contributed by atoms with Crippen LogP contribution >= 0.6 is 11.6 Å². The van der Waals surface area contributed by atoms with Crippen LogP contribution in [0.5, 0.6) is 0 Å². The molecule has 1 aliphatic carbocycles. The van der Waals surface area contributed by atoms with Gasteiger partial charge in [0, 0.05) is 26.2 Å². The molecule has 10 heteroatoms. The number of carbonyl (C=O) groups is 4. The summed E-state index contributed by atoms with van der Waals surface area (Å²) >= 11 is 5.97. The van der Waals surface area contributed by atoms with E-state index >= 15 is 0 Å². The van der Waals surface area contributed by atoms with E-state index in [4.69, 9.17) is 11.6 Å². The lowest BCUT2D eigenvalue weighted by Crippen LogP contribution is -2.53.